The van der Waals surface area contributed by atoms with Gasteiger partial charge in [-0.2, -0.15) is 4.90 Å². The van der Waals surface area contributed by atoms with Crippen molar-refractivity contribution in [3.63, 3.8) is 0 Å². The highest BCUT2D eigenvalue weighted by molar-refractivity contribution is 6.30. The van der Waals surface area contributed by atoms with Gasteiger partial charge in [0.1, 0.15) is 0 Å². The fourth-order valence-corrected chi connectivity index (χ4v) is 5.47. The minimum atomic E-state index is -3.37. The van der Waals surface area contributed by atoms with Gasteiger partial charge in [-0.15, -0.1) is 0 Å². The summed E-state index contributed by atoms with van der Waals surface area (Å²) in [6.45, 7) is 3.18. The van der Waals surface area contributed by atoms with Crippen LogP contribution in [0.1, 0.15) is 48.9 Å². The van der Waals surface area contributed by atoms with E-state index in [4.69, 9.17) is 11.6 Å². The highest BCUT2D eigenvalue weighted by atomic mass is 35.5. The first-order chi connectivity index (χ1) is 13.9. The molecule has 2 aromatic rings. The Balaban J connectivity index is 1.72. The standard InChI is InChI=1S/C22H27ClN2O5/c1-20(2)12-24(13-21(26,27)25(20)22(28,29)30)19-11-17(14-6-4-3-5-7-14)16-9-8-15(23)10-18(16)19/h3-10,17,19,26-30H,11-13H2,1-2H3/t17-,19+/m0/s1. The van der Waals surface area contributed by atoms with Crippen LogP contribution in [0.25, 0.3) is 0 Å². The number of β-amino-alcohol motifs (C(OH)–C–C–N with tert-alkyl or cyclic N) is 2. The number of hydrogen-bond donors (Lipinski definition) is 5. The molecule has 8 heteroatoms. The molecule has 7 nitrogen and oxygen atoms in total. The molecule has 0 radical (unpaired) electrons. The zero-order valence-corrected chi connectivity index (χ0v) is 17.7. The Morgan fingerprint density at radius 1 is 0.967 bits per heavy atom. The summed E-state index contributed by atoms with van der Waals surface area (Å²) in [5.41, 5.74) is 2.16. The summed E-state index contributed by atoms with van der Waals surface area (Å²) >= 11 is 6.29. The monoisotopic (exact) mass is 434 g/mol. The predicted molar refractivity (Wildman–Crippen MR) is 111 cm³/mol. The van der Waals surface area contributed by atoms with Gasteiger partial charge in [-0.1, -0.05) is 48.0 Å². The van der Waals surface area contributed by atoms with Crippen molar-refractivity contribution in [2.45, 2.75) is 49.8 Å². The average Bonchev–Trinajstić information content (AvgIpc) is 2.97. The number of fused-ring (bicyclic) bond motifs is 1. The van der Waals surface area contributed by atoms with Gasteiger partial charge in [0, 0.05) is 29.1 Å². The molecule has 5 N–H and O–H groups in total. The van der Waals surface area contributed by atoms with E-state index >= 15 is 0 Å². The third-order valence-corrected chi connectivity index (χ3v) is 6.39. The maximum Gasteiger partial charge on any atom is 0.350 e. The van der Waals surface area contributed by atoms with Gasteiger partial charge in [0.05, 0.1) is 6.54 Å². The van der Waals surface area contributed by atoms with Crippen molar-refractivity contribution >= 4 is 11.6 Å². The first-order valence-corrected chi connectivity index (χ1v) is 10.3. The van der Waals surface area contributed by atoms with E-state index in [1.54, 1.807) is 13.8 Å². The number of rotatable bonds is 3. The van der Waals surface area contributed by atoms with Crippen LogP contribution in [0.3, 0.4) is 0 Å². The maximum atomic E-state index is 10.7. The largest absolute Gasteiger partial charge is 0.352 e. The van der Waals surface area contributed by atoms with E-state index in [0.29, 0.717) is 16.3 Å². The first kappa shape index (κ1) is 21.7. The van der Waals surface area contributed by atoms with Crippen LogP contribution < -0.4 is 0 Å². The number of nitrogens with zero attached hydrogens (tertiary/aromatic N) is 2. The maximum absolute atomic E-state index is 10.7. The minimum Gasteiger partial charge on any atom is -0.352 e. The molecule has 2 aromatic carbocycles. The summed E-state index contributed by atoms with van der Waals surface area (Å²) in [5, 5.41) is 51.1. The molecule has 30 heavy (non-hydrogen) atoms. The van der Waals surface area contributed by atoms with Gasteiger partial charge >= 0.3 is 6.10 Å². The highest BCUT2D eigenvalue weighted by Crippen LogP contribution is 2.49. The average molecular weight is 435 g/mol. The molecule has 0 spiro atoms. The Morgan fingerprint density at radius 3 is 2.23 bits per heavy atom. The molecule has 2 atom stereocenters. The van der Waals surface area contributed by atoms with Crippen LogP contribution in [0.4, 0.5) is 0 Å². The van der Waals surface area contributed by atoms with Crippen LogP contribution in [-0.4, -0.2) is 66.0 Å². The lowest BCUT2D eigenvalue weighted by Gasteiger charge is -2.56. The molecule has 0 saturated carbocycles. The number of hydrogen-bond acceptors (Lipinski definition) is 7. The second kappa shape index (κ2) is 7.25. The summed E-state index contributed by atoms with van der Waals surface area (Å²) in [6, 6.07) is 15.7. The molecule has 0 amide bonds. The van der Waals surface area contributed by atoms with Crippen LogP contribution in [-0.2, 0) is 0 Å². The van der Waals surface area contributed by atoms with Crippen molar-refractivity contribution in [3.05, 3.63) is 70.2 Å². The molecule has 1 aliphatic heterocycles. The van der Waals surface area contributed by atoms with Gasteiger partial charge in [-0.3, -0.25) is 4.90 Å². The summed E-state index contributed by atoms with van der Waals surface area (Å²) in [6.07, 6.45) is -2.66. The van der Waals surface area contributed by atoms with E-state index in [1.807, 2.05) is 41.3 Å². The molecule has 2 aliphatic rings. The van der Waals surface area contributed by atoms with Crippen molar-refractivity contribution in [2.75, 3.05) is 13.1 Å². The van der Waals surface area contributed by atoms with Gasteiger partial charge < -0.3 is 25.5 Å². The van der Waals surface area contributed by atoms with E-state index in [0.717, 1.165) is 11.1 Å². The summed E-state index contributed by atoms with van der Waals surface area (Å²) in [5.74, 6) is -2.53. The van der Waals surface area contributed by atoms with Gasteiger partial charge in [0.15, 0.2) is 0 Å². The molecule has 0 aromatic heterocycles. The molecule has 1 aliphatic carbocycles. The minimum absolute atomic E-state index is 0.129. The van der Waals surface area contributed by atoms with Gasteiger partial charge in [0.2, 0.25) is 5.91 Å². The van der Waals surface area contributed by atoms with Crippen molar-refractivity contribution < 1.29 is 25.5 Å². The quantitative estimate of drug-likeness (QED) is 0.466. The van der Waals surface area contributed by atoms with E-state index < -0.39 is 17.5 Å². The van der Waals surface area contributed by atoms with E-state index in [-0.39, 0.29) is 25.0 Å². The van der Waals surface area contributed by atoms with Crippen molar-refractivity contribution in [1.29, 1.82) is 0 Å². The Hall–Kier alpha value is -1.55. The zero-order chi connectivity index (χ0) is 21.9. The Labute approximate surface area is 180 Å². The topological polar surface area (TPSA) is 108 Å². The van der Waals surface area contributed by atoms with Crippen LogP contribution >= 0.6 is 11.6 Å². The number of piperazine rings is 1. The van der Waals surface area contributed by atoms with Crippen LogP contribution in [0, 0.1) is 0 Å². The lowest BCUT2D eigenvalue weighted by Crippen LogP contribution is -2.77. The van der Waals surface area contributed by atoms with Crippen LogP contribution in [0.5, 0.6) is 0 Å². The second-order valence-electron chi connectivity index (χ2n) is 8.92. The summed E-state index contributed by atoms with van der Waals surface area (Å²) in [4.78, 5) is 2.41. The number of aliphatic hydroxyl groups is 5. The van der Waals surface area contributed by atoms with Gasteiger partial charge in [-0.05, 0) is 49.1 Å². The molecule has 4 rings (SSSR count). The fourth-order valence-electron chi connectivity index (χ4n) is 5.29. The van der Waals surface area contributed by atoms with Gasteiger partial charge in [0.25, 0.3) is 0 Å². The Bertz CT molecular complexity index is 911. The predicted octanol–water partition coefficient (Wildman–Crippen LogP) is 1.54. The number of halogens is 1. The molecule has 162 valence electrons. The molecule has 0 unspecified atom stereocenters. The second-order valence-corrected chi connectivity index (χ2v) is 9.35. The highest BCUT2D eigenvalue weighted by Gasteiger charge is 2.58. The Morgan fingerprint density at radius 2 is 1.63 bits per heavy atom. The summed E-state index contributed by atoms with van der Waals surface area (Å²) in [7, 11) is 0. The van der Waals surface area contributed by atoms with E-state index in [1.165, 1.54) is 5.56 Å². The third-order valence-electron chi connectivity index (χ3n) is 6.15. The molecule has 1 fully saturated rings. The van der Waals surface area contributed by atoms with E-state index in [2.05, 4.69) is 12.1 Å². The number of benzene rings is 2. The first-order valence-electron chi connectivity index (χ1n) is 9.91. The summed E-state index contributed by atoms with van der Waals surface area (Å²) < 4.78 is 0. The van der Waals surface area contributed by atoms with Crippen LogP contribution in [0.2, 0.25) is 5.02 Å². The molecular formula is C22H27ClN2O5. The lowest BCUT2D eigenvalue weighted by molar-refractivity contribution is -0.489. The SMILES string of the molecule is CC1(C)CN([C@@H]2C[C@@H](c3ccccc3)c3ccc(Cl)cc32)CC(O)(O)N1C(O)(O)O. The van der Waals surface area contributed by atoms with Crippen molar-refractivity contribution in [3.8, 4) is 0 Å². The third kappa shape index (κ3) is 3.77. The molecule has 1 heterocycles. The normalized spacial score (nSPS) is 26.5. The molecule has 0 bridgehead atoms. The smallest absolute Gasteiger partial charge is 0.350 e. The molecule has 1 saturated heterocycles. The fraction of sp³-hybridized carbons (Fsp3) is 0.455. The van der Waals surface area contributed by atoms with Crippen LogP contribution in [0.15, 0.2) is 48.5 Å². The van der Waals surface area contributed by atoms with Crippen molar-refractivity contribution in [1.82, 2.24) is 9.80 Å². The molecular weight excluding hydrogens is 408 g/mol. The lowest BCUT2D eigenvalue weighted by atomic mass is 9.92. The van der Waals surface area contributed by atoms with E-state index in [9.17, 15) is 25.5 Å². The van der Waals surface area contributed by atoms with Crippen molar-refractivity contribution in [2.24, 2.45) is 0 Å². The zero-order valence-electron chi connectivity index (χ0n) is 16.9. The van der Waals surface area contributed by atoms with Gasteiger partial charge in [-0.25, -0.2) is 0 Å². The Kier molecular flexibility index (Phi) is 5.24.